The van der Waals surface area contributed by atoms with Gasteiger partial charge in [-0.3, -0.25) is 4.79 Å². The van der Waals surface area contributed by atoms with Gasteiger partial charge in [-0.25, -0.2) is 0 Å². The van der Waals surface area contributed by atoms with Crippen LogP contribution in [0, 0.1) is 5.41 Å². The van der Waals surface area contributed by atoms with Crippen LogP contribution < -0.4 is 0 Å². The van der Waals surface area contributed by atoms with Crippen molar-refractivity contribution in [2.24, 2.45) is 5.41 Å². The Kier molecular flexibility index (Phi) is 6.91. The zero-order valence-corrected chi connectivity index (χ0v) is 17.0. The maximum Gasteiger partial charge on any atom is 0.187 e. The number of hydrogen-bond acceptors (Lipinski definition) is 8. The van der Waals surface area contributed by atoms with Gasteiger partial charge >= 0.3 is 0 Å². The van der Waals surface area contributed by atoms with Gasteiger partial charge in [-0.1, -0.05) is 13.8 Å². The molecular formula is C20H32O8. The molecule has 2 aliphatic rings. The number of aliphatic hydroxyl groups is 5. The Morgan fingerprint density at radius 2 is 1.71 bits per heavy atom. The summed E-state index contributed by atoms with van der Waals surface area (Å²) in [5.41, 5.74) is 2.44. The van der Waals surface area contributed by atoms with Crippen LogP contribution in [0.15, 0.2) is 16.9 Å². The van der Waals surface area contributed by atoms with Gasteiger partial charge in [0.15, 0.2) is 12.1 Å². The van der Waals surface area contributed by atoms with Gasteiger partial charge in [-0.05, 0) is 32.6 Å². The Morgan fingerprint density at radius 3 is 2.25 bits per heavy atom. The molecule has 7 unspecified atom stereocenters. The van der Waals surface area contributed by atoms with E-state index < -0.39 is 54.4 Å². The van der Waals surface area contributed by atoms with E-state index in [1.54, 1.807) is 13.8 Å². The topological polar surface area (TPSA) is 137 Å². The smallest absolute Gasteiger partial charge is 0.187 e. The summed E-state index contributed by atoms with van der Waals surface area (Å²) in [4.78, 5) is 11.8. The molecule has 1 saturated heterocycles. The summed E-state index contributed by atoms with van der Waals surface area (Å²) < 4.78 is 11.5. The molecule has 8 heteroatoms. The second kappa shape index (κ2) is 8.34. The van der Waals surface area contributed by atoms with Gasteiger partial charge < -0.3 is 35.0 Å². The average molecular weight is 400 g/mol. The molecular weight excluding hydrogens is 368 g/mol. The lowest BCUT2D eigenvalue weighted by atomic mass is 9.65. The first-order valence-corrected chi connectivity index (χ1v) is 9.48. The second-order valence-corrected chi connectivity index (χ2v) is 8.67. The number of carbonyl (C=O) groups is 1. The van der Waals surface area contributed by atoms with Crippen molar-refractivity contribution in [3.63, 3.8) is 0 Å². The Hall–Kier alpha value is -1.09. The minimum absolute atomic E-state index is 0.149. The quantitative estimate of drug-likeness (QED) is 0.323. The summed E-state index contributed by atoms with van der Waals surface area (Å²) in [7, 11) is 0. The molecule has 0 bridgehead atoms. The number of rotatable bonds is 4. The van der Waals surface area contributed by atoms with Crippen LogP contribution in [0.25, 0.3) is 0 Å². The predicted molar refractivity (Wildman–Crippen MR) is 99.2 cm³/mol. The molecule has 1 heterocycles. The predicted octanol–water partition coefficient (Wildman–Crippen LogP) is -0.197. The van der Waals surface area contributed by atoms with Crippen LogP contribution in [0.3, 0.4) is 0 Å². The summed E-state index contributed by atoms with van der Waals surface area (Å²) >= 11 is 0. The maximum absolute atomic E-state index is 11.8. The fraction of sp³-hybridized carbons (Fsp3) is 0.800. The van der Waals surface area contributed by atoms with Crippen molar-refractivity contribution in [3.05, 3.63) is 16.9 Å². The molecule has 0 aromatic rings. The highest BCUT2D eigenvalue weighted by Crippen LogP contribution is 2.48. The Balaban J connectivity index is 2.47. The summed E-state index contributed by atoms with van der Waals surface area (Å²) in [6, 6.07) is 0. The highest BCUT2D eigenvalue weighted by atomic mass is 16.7. The summed E-state index contributed by atoms with van der Waals surface area (Å²) in [5.74, 6) is -0.149. The molecule has 0 amide bonds. The largest absolute Gasteiger partial charge is 0.394 e. The van der Waals surface area contributed by atoms with E-state index in [1.807, 2.05) is 13.8 Å². The van der Waals surface area contributed by atoms with E-state index in [4.69, 9.17) is 9.47 Å². The normalized spacial score (nSPS) is 40.7. The number of ether oxygens (including phenoxy) is 2. The van der Waals surface area contributed by atoms with Gasteiger partial charge in [0.2, 0.25) is 0 Å². The second-order valence-electron chi connectivity index (χ2n) is 8.67. The lowest BCUT2D eigenvalue weighted by Gasteiger charge is -2.49. The molecule has 2 fully saturated rings. The zero-order chi connectivity index (χ0) is 21.4. The highest BCUT2D eigenvalue weighted by Gasteiger charge is 2.51. The van der Waals surface area contributed by atoms with Crippen molar-refractivity contribution in [1.82, 2.24) is 0 Å². The van der Waals surface area contributed by atoms with Gasteiger partial charge in [0, 0.05) is 17.6 Å². The first kappa shape index (κ1) is 23.2. The van der Waals surface area contributed by atoms with Crippen molar-refractivity contribution in [1.29, 1.82) is 0 Å². The average Bonchev–Trinajstić information content (AvgIpc) is 2.57. The fourth-order valence-electron chi connectivity index (χ4n) is 4.14. The van der Waals surface area contributed by atoms with E-state index in [2.05, 4.69) is 5.73 Å². The molecule has 0 aromatic carbocycles. The Labute approximate surface area is 165 Å². The van der Waals surface area contributed by atoms with Gasteiger partial charge in [0.05, 0.1) is 18.3 Å². The number of aliphatic hydroxyl groups excluding tert-OH is 5. The van der Waals surface area contributed by atoms with Crippen LogP contribution in [0.5, 0.6) is 0 Å². The third-order valence-corrected chi connectivity index (χ3v) is 5.64. The van der Waals surface area contributed by atoms with Crippen molar-refractivity contribution in [3.8, 4) is 0 Å². The van der Waals surface area contributed by atoms with Gasteiger partial charge in [-0.2, -0.15) is 0 Å². The van der Waals surface area contributed by atoms with Crippen molar-refractivity contribution < 1.29 is 39.8 Å². The van der Waals surface area contributed by atoms with Gasteiger partial charge in [0.1, 0.15) is 24.4 Å². The molecule has 160 valence electrons. The minimum atomic E-state index is -1.57. The first-order chi connectivity index (χ1) is 12.8. The van der Waals surface area contributed by atoms with Crippen LogP contribution in [0.4, 0.5) is 0 Å². The van der Waals surface area contributed by atoms with Crippen LogP contribution in [-0.4, -0.2) is 80.3 Å². The fourth-order valence-corrected chi connectivity index (χ4v) is 4.14. The van der Waals surface area contributed by atoms with Crippen molar-refractivity contribution in [2.75, 3.05) is 6.61 Å². The number of carbonyl (C=O) groups excluding carboxylic acids is 1. The molecule has 28 heavy (non-hydrogen) atoms. The summed E-state index contributed by atoms with van der Waals surface area (Å²) in [6.07, 6.45) is -7.16. The third kappa shape index (κ3) is 4.56. The van der Waals surface area contributed by atoms with E-state index in [0.29, 0.717) is 17.6 Å². The number of hydrogen-bond donors (Lipinski definition) is 5. The molecule has 8 nitrogen and oxygen atoms in total. The third-order valence-electron chi connectivity index (χ3n) is 5.64. The summed E-state index contributed by atoms with van der Waals surface area (Å²) in [6.45, 7) is 8.02. The summed E-state index contributed by atoms with van der Waals surface area (Å²) in [5, 5.41) is 50.1. The minimum Gasteiger partial charge on any atom is -0.394 e. The van der Waals surface area contributed by atoms with Crippen LogP contribution in [-0.2, 0) is 14.3 Å². The van der Waals surface area contributed by atoms with Gasteiger partial charge in [0.25, 0.3) is 0 Å². The molecule has 0 radical (unpaired) electrons. The standard InChI is InChI=1S/C20H32O8/c1-10(11(2)22)6-14-19(3,4)7-12(23)8-20(14,5)28-18-17(26)16(25)15(24)13(9-21)27-18/h12-13,15-18,21,23-26H,7-9H2,1-5H3. The molecule has 2 rings (SSSR count). The molecule has 1 saturated carbocycles. The number of ketones is 1. The highest BCUT2D eigenvalue weighted by molar-refractivity contribution is 5.92. The first-order valence-electron chi connectivity index (χ1n) is 9.48. The van der Waals surface area contributed by atoms with E-state index >= 15 is 0 Å². The van der Waals surface area contributed by atoms with Crippen LogP contribution in [0.2, 0.25) is 0 Å². The molecule has 0 aromatic heterocycles. The maximum atomic E-state index is 11.8. The van der Waals surface area contributed by atoms with E-state index in [1.165, 1.54) is 6.92 Å². The Bertz CT molecular complexity index is 663. The molecule has 1 aliphatic carbocycles. The molecule has 5 N–H and O–H groups in total. The van der Waals surface area contributed by atoms with Crippen molar-refractivity contribution >= 4 is 5.78 Å². The molecule has 0 spiro atoms. The lowest BCUT2D eigenvalue weighted by molar-refractivity contribution is -0.325. The number of Topliss-reactive ketones (excluding diaryl/α,β-unsaturated/α-hetero) is 1. The molecule has 1 aliphatic heterocycles. The molecule has 7 atom stereocenters. The zero-order valence-electron chi connectivity index (χ0n) is 17.0. The van der Waals surface area contributed by atoms with E-state index in [-0.39, 0.29) is 12.2 Å². The SMILES string of the molecule is CC(=O)C(C)=C=C1C(C)(C)CC(O)CC1(C)OC1OC(CO)C(O)C(O)C1O. The van der Waals surface area contributed by atoms with Gasteiger partial charge in [-0.15, -0.1) is 5.73 Å². The van der Waals surface area contributed by atoms with Crippen LogP contribution in [0.1, 0.15) is 47.5 Å². The van der Waals surface area contributed by atoms with E-state index in [0.717, 1.165) is 0 Å². The van der Waals surface area contributed by atoms with Crippen LogP contribution >= 0.6 is 0 Å². The Morgan fingerprint density at radius 1 is 1.11 bits per heavy atom. The van der Waals surface area contributed by atoms with E-state index in [9.17, 15) is 30.3 Å². The van der Waals surface area contributed by atoms with Crippen molar-refractivity contribution in [2.45, 2.75) is 89.9 Å². The monoisotopic (exact) mass is 400 g/mol. The lowest BCUT2D eigenvalue weighted by Crippen LogP contribution is -2.61.